The molecular weight excluding hydrogens is 326 g/mol. The first-order valence-corrected chi connectivity index (χ1v) is 8.42. The molecule has 0 bridgehead atoms. The van der Waals surface area contributed by atoms with Crippen LogP contribution in [-0.4, -0.2) is 18.1 Å². The topological polar surface area (TPSA) is 93.8 Å². The molecule has 5 nitrogen and oxygen atoms in total. The third kappa shape index (κ3) is 2.50. The fourth-order valence-electron chi connectivity index (χ4n) is 3.82. The molecule has 0 saturated heterocycles. The summed E-state index contributed by atoms with van der Waals surface area (Å²) in [5.74, 6) is -0.927. The van der Waals surface area contributed by atoms with Crippen molar-refractivity contribution in [2.75, 3.05) is 18.5 Å². The molecule has 3 aromatic carbocycles. The number of hydrogen-bond acceptors (Lipinski definition) is 3. The van der Waals surface area contributed by atoms with Gasteiger partial charge in [0.1, 0.15) is 11.7 Å². The van der Waals surface area contributed by atoms with E-state index in [2.05, 4.69) is 7.05 Å². The number of benzene rings is 3. The van der Waals surface area contributed by atoms with Gasteiger partial charge in [-0.2, -0.15) is 0 Å². The van der Waals surface area contributed by atoms with Crippen LogP contribution in [0.3, 0.4) is 0 Å². The molecule has 0 amide bonds. The maximum absolute atomic E-state index is 11.2. The van der Waals surface area contributed by atoms with E-state index >= 15 is 0 Å². The lowest BCUT2D eigenvalue weighted by atomic mass is 9.84. The third-order valence-corrected chi connectivity index (χ3v) is 5.07. The predicted molar refractivity (Wildman–Crippen MR) is 102 cm³/mol. The number of anilines is 2. The summed E-state index contributed by atoms with van der Waals surface area (Å²) in [7, 11) is 2.10. The van der Waals surface area contributed by atoms with Crippen molar-refractivity contribution < 1.29 is 14.8 Å². The van der Waals surface area contributed by atoms with Crippen LogP contribution in [0.25, 0.3) is 11.1 Å². The molecule has 1 aliphatic heterocycles. The standard InChI is InChI=1S/C21H19N3O2/c1-24-19-11-15(23)7-9-17(19)16-8-6-14(22)10-18(16)20(24)12-2-4-13(5-3-12)21(25)26/h2-11,20H,22-23H2,1H3,(H,25,26)/p+1. The van der Waals surface area contributed by atoms with Gasteiger partial charge >= 0.3 is 5.97 Å². The van der Waals surface area contributed by atoms with E-state index in [1.165, 1.54) is 4.90 Å². The molecule has 3 aromatic rings. The number of carboxylic acids is 1. The van der Waals surface area contributed by atoms with Gasteiger partial charge in [0.2, 0.25) is 0 Å². The normalized spacial score (nSPS) is 18.0. The highest BCUT2D eigenvalue weighted by molar-refractivity contribution is 5.87. The van der Waals surface area contributed by atoms with Crippen LogP contribution in [-0.2, 0) is 0 Å². The van der Waals surface area contributed by atoms with Gasteiger partial charge in [0.25, 0.3) is 0 Å². The van der Waals surface area contributed by atoms with Crippen molar-refractivity contribution in [3.05, 3.63) is 77.4 Å². The van der Waals surface area contributed by atoms with Crippen LogP contribution < -0.4 is 16.4 Å². The zero-order valence-corrected chi connectivity index (χ0v) is 14.4. The van der Waals surface area contributed by atoms with Crippen LogP contribution in [0.4, 0.5) is 17.1 Å². The molecule has 4 rings (SSSR count). The van der Waals surface area contributed by atoms with E-state index in [0.29, 0.717) is 5.69 Å². The number of nitrogens with one attached hydrogen (secondary N) is 1. The van der Waals surface area contributed by atoms with Crippen LogP contribution in [0.2, 0.25) is 0 Å². The Labute approximate surface area is 151 Å². The summed E-state index contributed by atoms with van der Waals surface area (Å²) in [4.78, 5) is 12.3. The Balaban J connectivity index is 1.92. The van der Waals surface area contributed by atoms with Crippen LogP contribution in [0.5, 0.6) is 0 Å². The number of carboxylic acid groups (broad SMARTS) is 1. The summed E-state index contributed by atoms with van der Waals surface area (Å²) in [6.45, 7) is 0. The average Bonchev–Trinajstić information content (AvgIpc) is 2.62. The van der Waals surface area contributed by atoms with Crippen molar-refractivity contribution >= 4 is 23.0 Å². The molecule has 1 aliphatic rings. The highest BCUT2D eigenvalue weighted by atomic mass is 16.4. The summed E-state index contributed by atoms with van der Waals surface area (Å²) in [6, 6.07) is 19.0. The monoisotopic (exact) mass is 346 g/mol. The van der Waals surface area contributed by atoms with Gasteiger partial charge in [-0.1, -0.05) is 18.2 Å². The predicted octanol–water partition coefficient (Wildman–Crippen LogP) is 2.47. The number of aromatic carboxylic acids is 1. The van der Waals surface area contributed by atoms with Crippen LogP contribution in [0.1, 0.15) is 27.5 Å². The molecular formula is C21H20N3O2+. The Morgan fingerprint density at radius 1 is 0.923 bits per heavy atom. The average molecular weight is 346 g/mol. The van der Waals surface area contributed by atoms with E-state index in [9.17, 15) is 4.79 Å². The van der Waals surface area contributed by atoms with Gasteiger partial charge in [0.05, 0.1) is 12.6 Å². The number of fused-ring (bicyclic) bond motifs is 3. The van der Waals surface area contributed by atoms with Crippen molar-refractivity contribution in [1.29, 1.82) is 0 Å². The summed E-state index contributed by atoms with van der Waals surface area (Å²) in [5.41, 5.74) is 19.4. The SMILES string of the molecule is C[NH+]1c2cc(N)ccc2-c2ccc(N)cc2C1c1ccc(C(=O)O)cc1. The van der Waals surface area contributed by atoms with E-state index < -0.39 is 5.97 Å². The minimum Gasteiger partial charge on any atom is -0.478 e. The van der Waals surface area contributed by atoms with E-state index in [1.807, 2.05) is 48.5 Å². The fourth-order valence-corrected chi connectivity index (χ4v) is 3.82. The maximum Gasteiger partial charge on any atom is 0.335 e. The quantitative estimate of drug-likeness (QED) is 0.536. The molecule has 0 aromatic heterocycles. The zero-order chi connectivity index (χ0) is 18.4. The van der Waals surface area contributed by atoms with Gasteiger partial charge in [-0.05, 0) is 42.0 Å². The second kappa shape index (κ2) is 5.89. The first-order chi connectivity index (χ1) is 12.5. The molecule has 0 fully saturated rings. The summed E-state index contributed by atoms with van der Waals surface area (Å²) < 4.78 is 0. The van der Waals surface area contributed by atoms with E-state index in [1.54, 1.807) is 12.1 Å². The lowest BCUT2D eigenvalue weighted by molar-refractivity contribution is -0.839. The van der Waals surface area contributed by atoms with Crippen LogP contribution in [0, 0.1) is 0 Å². The maximum atomic E-state index is 11.2. The number of carbonyl (C=O) groups is 1. The Kier molecular flexibility index (Phi) is 3.67. The number of quaternary nitrogens is 1. The highest BCUT2D eigenvalue weighted by Gasteiger charge is 2.34. The van der Waals surface area contributed by atoms with E-state index in [-0.39, 0.29) is 11.6 Å². The van der Waals surface area contributed by atoms with Crippen LogP contribution >= 0.6 is 0 Å². The Morgan fingerprint density at radius 2 is 1.54 bits per heavy atom. The minimum absolute atomic E-state index is 0.00523. The number of nitrogens with two attached hydrogens (primary N) is 2. The molecule has 5 heteroatoms. The molecule has 26 heavy (non-hydrogen) atoms. The number of rotatable bonds is 2. The van der Waals surface area contributed by atoms with E-state index in [4.69, 9.17) is 16.6 Å². The molecule has 0 spiro atoms. The van der Waals surface area contributed by atoms with Crippen molar-refractivity contribution in [3.8, 4) is 11.1 Å². The van der Waals surface area contributed by atoms with Gasteiger partial charge < -0.3 is 16.6 Å². The first-order valence-electron chi connectivity index (χ1n) is 8.42. The Bertz CT molecular complexity index is 1010. The van der Waals surface area contributed by atoms with Gasteiger partial charge in [0, 0.05) is 34.1 Å². The van der Waals surface area contributed by atoms with Crippen molar-refractivity contribution in [3.63, 3.8) is 0 Å². The minimum atomic E-state index is -0.927. The molecule has 2 unspecified atom stereocenters. The molecule has 1 heterocycles. The van der Waals surface area contributed by atoms with E-state index in [0.717, 1.165) is 33.6 Å². The highest BCUT2D eigenvalue weighted by Crippen LogP contribution is 2.40. The fraction of sp³-hybridized carbons (Fsp3) is 0.0952. The van der Waals surface area contributed by atoms with Crippen molar-refractivity contribution in [2.45, 2.75) is 6.04 Å². The van der Waals surface area contributed by atoms with Gasteiger partial charge in [-0.25, -0.2) is 4.79 Å². The second-order valence-corrected chi connectivity index (χ2v) is 6.69. The zero-order valence-electron chi connectivity index (χ0n) is 14.4. The van der Waals surface area contributed by atoms with Gasteiger partial charge in [-0.3, -0.25) is 4.90 Å². The molecule has 0 radical (unpaired) electrons. The van der Waals surface area contributed by atoms with Crippen molar-refractivity contribution in [1.82, 2.24) is 0 Å². The Hall–Kier alpha value is -3.31. The largest absolute Gasteiger partial charge is 0.478 e. The summed E-state index contributed by atoms with van der Waals surface area (Å²) in [6.07, 6.45) is 0. The molecule has 130 valence electrons. The summed E-state index contributed by atoms with van der Waals surface area (Å²) in [5, 5.41) is 9.16. The Morgan fingerprint density at radius 3 is 2.19 bits per heavy atom. The number of hydrogen-bond donors (Lipinski definition) is 4. The smallest absolute Gasteiger partial charge is 0.335 e. The molecule has 6 N–H and O–H groups in total. The molecule has 0 saturated carbocycles. The first kappa shape index (κ1) is 16.2. The van der Waals surface area contributed by atoms with Gasteiger partial charge in [0.15, 0.2) is 0 Å². The lowest BCUT2D eigenvalue weighted by Crippen LogP contribution is -3.05. The number of nitrogen functional groups attached to an aromatic ring is 2. The second-order valence-electron chi connectivity index (χ2n) is 6.69. The molecule has 0 aliphatic carbocycles. The summed E-state index contributed by atoms with van der Waals surface area (Å²) >= 11 is 0. The van der Waals surface area contributed by atoms with Crippen molar-refractivity contribution in [2.24, 2.45) is 0 Å². The van der Waals surface area contributed by atoms with Gasteiger partial charge in [-0.15, -0.1) is 0 Å². The van der Waals surface area contributed by atoms with Crippen LogP contribution in [0.15, 0.2) is 60.7 Å². The molecule has 2 atom stereocenters. The third-order valence-electron chi connectivity index (χ3n) is 5.07. The lowest BCUT2D eigenvalue weighted by Gasteiger charge is -2.33.